The van der Waals surface area contributed by atoms with E-state index in [9.17, 15) is 19.8 Å². The maximum atomic E-state index is 13.4. The highest BCUT2D eigenvalue weighted by atomic mass is 32.2. The van der Waals surface area contributed by atoms with E-state index >= 15 is 0 Å². The van der Waals surface area contributed by atoms with Crippen molar-refractivity contribution in [2.75, 3.05) is 18.1 Å². The number of benzene rings is 3. The van der Waals surface area contributed by atoms with Crippen molar-refractivity contribution in [3.8, 4) is 17.2 Å². The van der Waals surface area contributed by atoms with Gasteiger partial charge >= 0.3 is 5.91 Å². The fourth-order valence-corrected chi connectivity index (χ4v) is 6.29. The highest BCUT2D eigenvalue weighted by Gasteiger charge is 2.48. The molecule has 1 amide bonds. The SMILES string of the molecule is O=C1C(=O)N(c2nnc(SCc3ccccc3)s2)[C@@H](c2cccc(O)c2)C1=C(O)c1ccc2c(c1)OCCO2. The zero-order valence-corrected chi connectivity index (χ0v) is 21.9. The Labute approximate surface area is 231 Å². The largest absolute Gasteiger partial charge is 0.508 e. The summed E-state index contributed by atoms with van der Waals surface area (Å²) in [6, 6.07) is 19.9. The first-order chi connectivity index (χ1) is 19.0. The average Bonchev–Trinajstić information content (AvgIpc) is 3.53. The van der Waals surface area contributed by atoms with Gasteiger partial charge in [0.05, 0.1) is 11.6 Å². The molecule has 0 spiro atoms. The van der Waals surface area contributed by atoms with Crippen LogP contribution >= 0.6 is 23.1 Å². The second kappa shape index (κ2) is 10.4. The summed E-state index contributed by atoms with van der Waals surface area (Å²) >= 11 is 2.64. The van der Waals surface area contributed by atoms with Crippen molar-refractivity contribution >= 4 is 45.7 Å². The highest BCUT2D eigenvalue weighted by Crippen LogP contribution is 2.45. The first-order valence-electron chi connectivity index (χ1n) is 12.0. The maximum Gasteiger partial charge on any atom is 0.301 e. The van der Waals surface area contributed by atoms with Crippen molar-refractivity contribution in [3.05, 3.63) is 95.1 Å². The van der Waals surface area contributed by atoms with Crippen LogP contribution in [0.5, 0.6) is 17.2 Å². The summed E-state index contributed by atoms with van der Waals surface area (Å²) in [6.07, 6.45) is 0. The van der Waals surface area contributed by atoms with Crippen molar-refractivity contribution in [3.63, 3.8) is 0 Å². The number of hydrogen-bond donors (Lipinski definition) is 2. The van der Waals surface area contributed by atoms with Crippen LogP contribution in [0.15, 0.2) is 82.7 Å². The lowest BCUT2D eigenvalue weighted by molar-refractivity contribution is -0.132. The van der Waals surface area contributed by atoms with Crippen LogP contribution in [-0.4, -0.2) is 45.3 Å². The molecular formula is C28H21N3O6S2. The summed E-state index contributed by atoms with van der Waals surface area (Å²) < 4.78 is 11.8. The smallest absolute Gasteiger partial charge is 0.301 e. The lowest BCUT2D eigenvalue weighted by atomic mass is 9.95. The Balaban J connectivity index is 1.40. The minimum Gasteiger partial charge on any atom is -0.508 e. The zero-order valence-electron chi connectivity index (χ0n) is 20.3. The van der Waals surface area contributed by atoms with Gasteiger partial charge in [-0.1, -0.05) is 65.6 Å². The molecule has 0 aliphatic carbocycles. The van der Waals surface area contributed by atoms with Crippen molar-refractivity contribution in [1.82, 2.24) is 10.2 Å². The van der Waals surface area contributed by atoms with E-state index in [1.165, 1.54) is 40.1 Å². The maximum absolute atomic E-state index is 13.4. The third-order valence-corrected chi connectivity index (χ3v) is 8.38. The number of rotatable bonds is 6. The summed E-state index contributed by atoms with van der Waals surface area (Å²) in [6.45, 7) is 0.765. The molecule has 2 aliphatic rings. The van der Waals surface area contributed by atoms with Gasteiger partial charge in [0.1, 0.15) is 24.7 Å². The molecule has 0 bridgehead atoms. The van der Waals surface area contributed by atoms with Crippen LogP contribution in [0.1, 0.15) is 22.7 Å². The number of hydrogen-bond acceptors (Lipinski definition) is 10. The predicted octanol–water partition coefficient (Wildman–Crippen LogP) is 4.93. The van der Waals surface area contributed by atoms with Crippen LogP contribution in [0.3, 0.4) is 0 Å². The number of nitrogens with zero attached hydrogens (tertiary/aromatic N) is 3. The van der Waals surface area contributed by atoms with Gasteiger partial charge in [0.25, 0.3) is 5.78 Å². The van der Waals surface area contributed by atoms with E-state index in [1.807, 2.05) is 30.3 Å². The molecule has 6 rings (SSSR count). The molecule has 2 N–H and O–H groups in total. The van der Waals surface area contributed by atoms with Crippen LogP contribution in [0, 0.1) is 0 Å². The molecule has 196 valence electrons. The van der Waals surface area contributed by atoms with E-state index < -0.39 is 17.7 Å². The molecule has 3 heterocycles. The molecule has 1 aromatic heterocycles. The molecule has 2 aliphatic heterocycles. The number of anilines is 1. The van der Waals surface area contributed by atoms with E-state index in [-0.39, 0.29) is 22.2 Å². The number of phenols is 1. The van der Waals surface area contributed by atoms with Crippen molar-refractivity contribution in [2.24, 2.45) is 0 Å². The normalized spacial score (nSPS) is 17.9. The molecule has 1 fully saturated rings. The monoisotopic (exact) mass is 559 g/mol. The number of fused-ring (bicyclic) bond motifs is 1. The summed E-state index contributed by atoms with van der Waals surface area (Å²) in [7, 11) is 0. The Hall–Kier alpha value is -4.35. The fraction of sp³-hybridized carbons (Fsp3) is 0.143. The number of carbonyl (C=O) groups excluding carboxylic acids is 2. The van der Waals surface area contributed by atoms with E-state index in [0.29, 0.717) is 45.9 Å². The van der Waals surface area contributed by atoms with E-state index in [2.05, 4.69) is 10.2 Å². The fourth-order valence-electron chi connectivity index (χ4n) is 4.46. The van der Waals surface area contributed by atoms with Gasteiger partial charge in [-0.25, -0.2) is 0 Å². The standard InChI is InChI=1S/C28H21N3O6S2/c32-19-8-4-7-17(13-19)23-22(24(33)18-9-10-20-21(14-18)37-12-11-36-20)25(34)26(35)31(23)27-29-30-28(39-27)38-15-16-5-2-1-3-6-16/h1-10,13-14,23,32-33H,11-12,15H2/t23-/m0/s1. The van der Waals surface area contributed by atoms with Gasteiger partial charge in [-0.15, -0.1) is 10.2 Å². The summed E-state index contributed by atoms with van der Waals surface area (Å²) in [5.74, 6) is -0.524. The van der Waals surface area contributed by atoms with Gasteiger partial charge in [-0.2, -0.15) is 0 Å². The minimum absolute atomic E-state index is 0.0474. The highest BCUT2D eigenvalue weighted by molar-refractivity contribution is 8.00. The Morgan fingerprint density at radius 2 is 1.77 bits per heavy atom. The molecule has 11 heteroatoms. The second-order valence-electron chi connectivity index (χ2n) is 8.75. The number of Topliss-reactive ketones (excluding diaryl/α,β-unsaturated/α-hetero) is 1. The number of aromatic nitrogens is 2. The number of phenolic OH excluding ortho intramolecular Hbond substituents is 1. The van der Waals surface area contributed by atoms with Gasteiger partial charge in [0, 0.05) is 11.3 Å². The van der Waals surface area contributed by atoms with Crippen LogP contribution in [0.4, 0.5) is 5.13 Å². The Morgan fingerprint density at radius 3 is 2.56 bits per heavy atom. The van der Waals surface area contributed by atoms with Gasteiger partial charge in [0.2, 0.25) is 5.13 Å². The summed E-state index contributed by atoms with van der Waals surface area (Å²) in [4.78, 5) is 28.0. The lowest BCUT2D eigenvalue weighted by Gasteiger charge is -2.23. The number of aliphatic hydroxyl groups excluding tert-OH is 1. The van der Waals surface area contributed by atoms with E-state index in [0.717, 1.165) is 5.56 Å². The third-order valence-electron chi connectivity index (χ3n) is 6.25. The molecule has 39 heavy (non-hydrogen) atoms. The van der Waals surface area contributed by atoms with Crippen molar-refractivity contribution in [2.45, 2.75) is 16.1 Å². The number of amides is 1. The van der Waals surface area contributed by atoms with Crippen LogP contribution in [0.2, 0.25) is 0 Å². The van der Waals surface area contributed by atoms with Crippen molar-refractivity contribution in [1.29, 1.82) is 0 Å². The first kappa shape index (κ1) is 25.0. The Kier molecular flexibility index (Phi) is 6.67. The molecule has 1 saturated heterocycles. The Morgan fingerprint density at radius 1 is 0.974 bits per heavy atom. The molecular weight excluding hydrogens is 538 g/mol. The first-order valence-corrected chi connectivity index (χ1v) is 13.8. The number of thioether (sulfide) groups is 1. The number of carbonyl (C=O) groups is 2. The predicted molar refractivity (Wildman–Crippen MR) is 146 cm³/mol. The minimum atomic E-state index is -1.04. The van der Waals surface area contributed by atoms with Gasteiger partial charge in [-0.3, -0.25) is 14.5 Å². The van der Waals surface area contributed by atoms with Gasteiger partial charge in [-0.05, 0) is 41.5 Å². The Bertz CT molecular complexity index is 1600. The summed E-state index contributed by atoms with van der Waals surface area (Å²) in [5.41, 5.74) is 1.70. The molecule has 1 atom stereocenters. The molecule has 4 aromatic rings. The van der Waals surface area contributed by atoms with Gasteiger partial charge in [0.15, 0.2) is 15.8 Å². The number of aromatic hydroxyl groups is 1. The van der Waals surface area contributed by atoms with Crippen LogP contribution in [-0.2, 0) is 15.3 Å². The van der Waals surface area contributed by atoms with Crippen LogP contribution < -0.4 is 14.4 Å². The molecule has 0 unspecified atom stereocenters. The lowest BCUT2D eigenvalue weighted by Crippen LogP contribution is -2.29. The van der Waals surface area contributed by atoms with Crippen molar-refractivity contribution < 1.29 is 29.3 Å². The summed E-state index contributed by atoms with van der Waals surface area (Å²) in [5, 5.41) is 30.2. The average molecular weight is 560 g/mol. The molecule has 0 radical (unpaired) electrons. The van der Waals surface area contributed by atoms with Crippen LogP contribution in [0.25, 0.3) is 5.76 Å². The number of aliphatic hydroxyl groups is 1. The van der Waals surface area contributed by atoms with Gasteiger partial charge < -0.3 is 19.7 Å². The topological polar surface area (TPSA) is 122 Å². The molecule has 0 saturated carbocycles. The quantitative estimate of drug-likeness (QED) is 0.111. The number of ketones is 1. The third kappa shape index (κ3) is 4.82. The van der Waals surface area contributed by atoms with E-state index in [1.54, 1.807) is 30.3 Å². The number of ether oxygens (including phenoxy) is 2. The zero-order chi connectivity index (χ0) is 26.9. The van der Waals surface area contributed by atoms with E-state index in [4.69, 9.17) is 9.47 Å². The molecule has 3 aromatic carbocycles. The second-order valence-corrected chi connectivity index (χ2v) is 10.9. The molecule has 9 nitrogen and oxygen atoms in total.